The lowest BCUT2D eigenvalue weighted by molar-refractivity contribution is -0.121. The molecule has 1 heterocycles. The fourth-order valence-electron chi connectivity index (χ4n) is 3.51. The lowest BCUT2D eigenvalue weighted by Crippen LogP contribution is -2.47. The van der Waals surface area contributed by atoms with Crippen molar-refractivity contribution in [2.24, 2.45) is 5.92 Å². The van der Waals surface area contributed by atoms with Gasteiger partial charge in [0.15, 0.2) is 0 Å². The molecule has 1 aliphatic heterocycles. The molecule has 7 nitrogen and oxygen atoms in total. The van der Waals surface area contributed by atoms with Crippen LogP contribution in [-0.4, -0.2) is 36.5 Å². The van der Waals surface area contributed by atoms with Crippen molar-refractivity contribution in [3.63, 3.8) is 0 Å². The smallest absolute Gasteiger partial charge is 0.335 e. The average molecular weight is 406 g/mol. The highest BCUT2D eigenvalue weighted by Gasteiger charge is 2.33. The summed E-state index contributed by atoms with van der Waals surface area (Å²) in [4.78, 5) is 40.2. The number of amides is 2. The van der Waals surface area contributed by atoms with E-state index in [4.69, 9.17) is 4.74 Å². The van der Waals surface area contributed by atoms with Crippen LogP contribution < -0.4 is 14.5 Å². The number of carbonyl (C=O) groups is 3. The molecule has 0 unspecified atom stereocenters. The number of ether oxygens (including phenoxy) is 1. The molecule has 0 spiro atoms. The van der Waals surface area contributed by atoms with Gasteiger partial charge in [-0.3, -0.25) is 14.5 Å². The lowest BCUT2D eigenvalue weighted by Gasteiger charge is -2.36. The van der Waals surface area contributed by atoms with Crippen molar-refractivity contribution >= 4 is 29.2 Å². The number of carboxylic acid groups (broad SMARTS) is 1. The minimum Gasteiger partial charge on any atom is -0.496 e. The molecule has 0 atom stereocenters. The number of benzene rings is 2. The Bertz CT molecular complexity index is 1040. The van der Waals surface area contributed by atoms with Gasteiger partial charge in [0.2, 0.25) is 5.91 Å². The van der Waals surface area contributed by atoms with Crippen LogP contribution in [-0.2, 0) is 16.1 Å². The Morgan fingerprint density at radius 2 is 1.93 bits per heavy atom. The minimum atomic E-state index is -1.09. The second kappa shape index (κ2) is 8.02. The van der Waals surface area contributed by atoms with Crippen molar-refractivity contribution in [3.05, 3.63) is 65.7 Å². The summed E-state index contributed by atoms with van der Waals surface area (Å²) in [7, 11) is 1.57. The van der Waals surface area contributed by atoms with E-state index in [9.17, 15) is 19.5 Å². The number of hydrogen-bond acceptors (Lipinski definition) is 4. The van der Waals surface area contributed by atoms with E-state index >= 15 is 0 Å². The van der Waals surface area contributed by atoms with Crippen LogP contribution in [0.1, 0.15) is 28.8 Å². The third-order valence-corrected chi connectivity index (χ3v) is 5.32. The normalized spacial score (nSPS) is 16.0. The Labute approximate surface area is 174 Å². The lowest BCUT2D eigenvalue weighted by atomic mass is 10.1. The first-order chi connectivity index (χ1) is 14.5. The van der Waals surface area contributed by atoms with Crippen LogP contribution in [0.3, 0.4) is 0 Å². The zero-order valence-electron chi connectivity index (χ0n) is 16.6. The van der Waals surface area contributed by atoms with Crippen molar-refractivity contribution < 1.29 is 24.2 Å². The largest absolute Gasteiger partial charge is 0.496 e. The highest BCUT2D eigenvalue weighted by Crippen LogP contribution is 2.37. The highest BCUT2D eigenvalue weighted by molar-refractivity contribution is 6.14. The number of anilines is 2. The first-order valence-corrected chi connectivity index (χ1v) is 9.77. The number of carbonyl (C=O) groups excluding carboxylic acids is 2. The summed E-state index contributed by atoms with van der Waals surface area (Å²) in [6.45, 7) is 0.0985. The van der Waals surface area contributed by atoms with E-state index in [1.54, 1.807) is 18.1 Å². The van der Waals surface area contributed by atoms with E-state index in [1.165, 1.54) is 23.1 Å². The first-order valence-electron chi connectivity index (χ1n) is 9.77. The van der Waals surface area contributed by atoms with Crippen LogP contribution in [0.4, 0.5) is 11.4 Å². The van der Waals surface area contributed by atoms with Gasteiger partial charge in [0.25, 0.3) is 5.91 Å². The molecular weight excluding hydrogens is 384 g/mol. The van der Waals surface area contributed by atoms with Gasteiger partial charge in [-0.1, -0.05) is 24.3 Å². The van der Waals surface area contributed by atoms with Crippen LogP contribution in [0.25, 0.3) is 0 Å². The molecule has 0 aromatic heterocycles. The quantitative estimate of drug-likeness (QED) is 0.744. The number of allylic oxidation sites excluding steroid dienone is 1. The van der Waals surface area contributed by atoms with Crippen molar-refractivity contribution in [3.8, 4) is 5.75 Å². The summed E-state index contributed by atoms with van der Waals surface area (Å²) >= 11 is 0. The summed E-state index contributed by atoms with van der Waals surface area (Å²) in [6, 6.07) is 11.9. The average Bonchev–Trinajstić information content (AvgIpc) is 3.58. The van der Waals surface area contributed by atoms with E-state index in [0.29, 0.717) is 23.0 Å². The number of aromatic carboxylic acids is 1. The molecule has 1 N–H and O–H groups in total. The van der Waals surface area contributed by atoms with Crippen LogP contribution in [0.15, 0.2) is 54.6 Å². The van der Waals surface area contributed by atoms with Crippen molar-refractivity contribution in [2.45, 2.75) is 19.4 Å². The second-order valence-electron chi connectivity index (χ2n) is 7.42. The second-order valence-corrected chi connectivity index (χ2v) is 7.42. The number of nitrogens with zero attached hydrogens (tertiary/aromatic N) is 2. The molecule has 30 heavy (non-hydrogen) atoms. The molecule has 2 aromatic carbocycles. The van der Waals surface area contributed by atoms with Gasteiger partial charge in [0.05, 0.1) is 30.6 Å². The molecule has 154 valence electrons. The molecule has 2 aromatic rings. The molecule has 2 amide bonds. The van der Waals surface area contributed by atoms with Gasteiger partial charge < -0.3 is 14.7 Å². The Morgan fingerprint density at radius 1 is 1.17 bits per heavy atom. The Morgan fingerprint density at radius 3 is 2.63 bits per heavy atom. The van der Waals surface area contributed by atoms with Crippen molar-refractivity contribution in [1.29, 1.82) is 0 Å². The molecule has 0 bridgehead atoms. The number of hydrogen-bond donors (Lipinski definition) is 1. The molecule has 0 saturated heterocycles. The van der Waals surface area contributed by atoms with Crippen LogP contribution >= 0.6 is 0 Å². The molecule has 2 aliphatic rings. The van der Waals surface area contributed by atoms with E-state index < -0.39 is 5.97 Å². The summed E-state index contributed by atoms with van der Waals surface area (Å²) < 4.78 is 5.39. The zero-order chi connectivity index (χ0) is 21.3. The van der Waals surface area contributed by atoms with Crippen LogP contribution in [0.5, 0.6) is 5.75 Å². The van der Waals surface area contributed by atoms with Crippen molar-refractivity contribution in [2.75, 3.05) is 23.5 Å². The number of rotatable bonds is 6. The molecular formula is C23H22N2O5. The Hall–Kier alpha value is -3.61. The standard InChI is InChI=1S/C23H22N2O5/c1-30-20-5-3-2-4-17(20)13-24-18-10-9-16(23(28)29)12-19(18)25(14-22(24)27)21(26)11-8-15-6-7-15/h2-5,8-12,15H,6-7,13-14H2,1H3,(H,28,29)/b11-8+. The summed E-state index contributed by atoms with van der Waals surface area (Å²) in [5.74, 6) is -0.589. The fourth-order valence-corrected chi connectivity index (χ4v) is 3.51. The SMILES string of the molecule is COc1ccccc1CN1C(=O)CN(C(=O)/C=C/C2CC2)c2cc(C(=O)O)ccc21. The van der Waals surface area contributed by atoms with Gasteiger partial charge in [-0.15, -0.1) is 0 Å². The Balaban J connectivity index is 1.72. The third kappa shape index (κ3) is 3.91. The van der Waals surface area contributed by atoms with Gasteiger partial charge in [0, 0.05) is 5.56 Å². The van der Waals surface area contributed by atoms with E-state index in [-0.39, 0.29) is 30.5 Å². The van der Waals surface area contributed by atoms with Crippen LogP contribution in [0.2, 0.25) is 0 Å². The predicted octanol–water partition coefficient (Wildman–Crippen LogP) is 3.24. The molecule has 1 aliphatic carbocycles. The molecule has 0 radical (unpaired) electrons. The molecule has 1 fully saturated rings. The summed E-state index contributed by atoms with van der Waals surface area (Å²) in [5.41, 5.74) is 1.78. The Kier molecular flexibility index (Phi) is 5.27. The maximum Gasteiger partial charge on any atom is 0.335 e. The maximum atomic E-state index is 13.0. The molecule has 4 rings (SSSR count). The summed E-state index contributed by atoms with van der Waals surface area (Å²) in [5, 5.41) is 9.40. The number of methoxy groups -OCH3 is 1. The first kappa shape index (κ1) is 19.7. The number of fused-ring (bicyclic) bond motifs is 1. The van der Waals surface area contributed by atoms with Gasteiger partial charge in [-0.25, -0.2) is 4.79 Å². The third-order valence-electron chi connectivity index (χ3n) is 5.32. The fraction of sp³-hybridized carbons (Fsp3) is 0.261. The summed E-state index contributed by atoms with van der Waals surface area (Å²) in [6.07, 6.45) is 5.47. The van der Waals surface area contributed by atoms with Crippen LogP contribution in [0, 0.1) is 5.92 Å². The van der Waals surface area contributed by atoms with Gasteiger partial charge in [-0.2, -0.15) is 0 Å². The molecule has 1 saturated carbocycles. The minimum absolute atomic E-state index is 0.0595. The number of para-hydroxylation sites is 1. The predicted molar refractivity (Wildman–Crippen MR) is 112 cm³/mol. The van der Waals surface area contributed by atoms with Crippen molar-refractivity contribution in [1.82, 2.24) is 0 Å². The maximum absolute atomic E-state index is 13.0. The number of carboxylic acids is 1. The topological polar surface area (TPSA) is 87.2 Å². The molecule has 7 heteroatoms. The zero-order valence-corrected chi connectivity index (χ0v) is 16.6. The van der Waals surface area contributed by atoms with Gasteiger partial charge >= 0.3 is 5.97 Å². The monoisotopic (exact) mass is 406 g/mol. The van der Waals surface area contributed by atoms with E-state index in [0.717, 1.165) is 18.4 Å². The van der Waals surface area contributed by atoms with E-state index in [1.807, 2.05) is 30.3 Å². The van der Waals surface area contributed by atoms with E-state index in [2.05, 4.69) is 0 Å². The van der Waals surface area contributed by atoms with Gasteiger partial charge in [0.1, 0.15) is 12.3 Å². The highest BCUT2D eigenvalue weighted by atomic mass is 16.5. The van der Waals surface area contributed by atoms with Gasteiger partial charge in [-0.05, 0) is 49.1 Å².